The smallest absolute Gasteiger partial charge is 0.0403 e. The fourth-order valence-corrected chi connectivity index (χ4v) is 3.07. The van der Waals surface area contributed by atoms with Crippen LogP contribution < -0.4 is 5.73 Å². The SMILES string of the molecule is N[C@@H](CC1CC1)c1sccc1Br. The van der Waals surface area contributed by atoms with Gasteiger partial charge < -0.3 is 5.73 Å². The second-order valence-electron chi connectivity index (χ2n) is 3.42. The Bertz CT molecular complexity index is 267. The Balaban J connectivity index is 2.02. The molecule has 0 saturated heterocycles. The van der Waals surface area contributed by atoms with E-state index in [4.69, 9.17) is 5.73 Å². The van der Waals surface area contributed by atoms with E-state index in [-0.39, 0.29) is 6.04 Å². The summed E-state index contributed by atoms with van der Waals surface area (Å²) in [6.45, 7) is 0. The highest BCUT2D eigenvalue weighted by molar-refractivity contribution is 9.10. The van der Waals surface area contributed by atoms with Gasteiger partial charge in [0, 0.05) is 15.4 Å². The molecule has 1 aliphatic carbocycles. The zero-order chi connectivity index (χ0) is 8.55. The predicted octanol–water partition coefficient (Wildman–Crippen LogP) is 3.31. The first-order valence-corrected chi connectivity index (χ1v) is 5.93. The minimum absolute atomic E-state index is 0.256. The highest BCUT2D eigenvalue weighted by Gasteiger charge is 2.25. The van der Waals surface area contributed by atoms with Crippen molar-refractivity contribution in [2.45, 2.75) is 25.3 Å². The lowest BCUT2D eigenvalue weighted by Gasteiger charge is -2.08. The topological polar surface area (TPSA) is 26.0 Å². The highest BCUT2D eigenvalue weighted by atomic mass is 79.9. The summed E-state index contributed by atoms with van der Waals surface area (Å²) in [5, 5.41) is 2.09. The normalized spacial score (nSPS) is 19.5. The molecule has 1 heterocycles. The molecule has 1 nitrogen and oxygen atoms in total. The lowest BCUT2D eigenvalue weighted by Crippen LogP contribution is -2.09. The van der Waals surface area contributed by atoms with Crippen molar-refractivity contribution in [3.05, 3.63) is 20.8 Å². The Kier molecular flexibility index (Phi) is 2.53. The van der Waals surface area contributed by atoms with Gasteiger partial charge in [-0.15, -0.1) is 11.3 Å². The molecule has 12 heavy (non-hydrogen) atoms. The van der Waals surface area contributed by atoms with Crippen LogP contribution in [0, 0.1) is 5.92 Å². The molecule has 3 heteroatoms. The van der Waals surface area contributed by atoms with Crippen LogP contribution in [0.2, 0.25) is 0 Å². The first-order chi connectivity index (χ1) is 5.77. The van der Waals surface area contributed by atoms with Gasteiger partial charge in [-0.25, -0.2) is 0 Å². The average molecular weight is 246 g/mol. The molecule has 0 amide bonds. The maximum Gasteiger partial charge on any atom is 0.0403 e. The number of rotatable bonds is 3. The van der Waals surface area contributed by atoms with E-state index in [1.807, 2.05) is 0 Å². The lowest BCUT2D eigenvalue weighted by molar-refractivity contribution is 0.603. The molecule has 66 valence electrons. The summed E-state index contributed by atoms with van der Waals surface area (Å²) >= 11 is 5.26. The standard InChI is InChI=1S/C9H12BrNS/c10-7-3-4-12-9(7)8(11)5-6-1-2-6/h3-4,6,8H,1-2,5,11H2/t8-/m0/s1. The monoisotopic (exact) mass is 245 g/mol. The van der Waals surface area contributed by atoms with Crippen molar-refractivity contribution in [2.24, 2.45) is 11.7 Å². The van der Waals surface area contributed by atoms with Crippen LogP contribution in [0.5, 0.6) is 0 Å². The van der Waals surface area contributed by atoms with Gasteiger partial charge in [0.05, 0.1) is 0 Å². The summed E-state index contributed by atoms with van der Waals surface area (Å²) in [7, 11) is 0. The van der Waals surface area contributed by atoms with Gasteiger partial charge in [-0.3, -0.25) is 0 Å². The molecule has 1 aliphatic rings. The minimum Gasteiger partial charge on any atom is -0.323 e. The Morgan fingerprint density at radius 1 is 1.67 bits per heavy atom. The second-order valence-corrected chi connectivity index (χ2v) is 5.22. The third kappa shape index (κ3) is 1.90. The first-order valence-electron chi connectivity index (χ1n) is 4.26. The van der Waals surface area contributed by atoms with E-state index in [1.54, 1.807) is 11.3 Å². The molecule has 0 spiro atoms. The lowest BCUT2D eigenvalue weighted by atomic mass is 10.1. The van der Waals surface area contributed by atoms with E-state index in [0.29, 0.717) is 0 Å². The van der Waals surface area contributed by atoms with Crippen molar-refractivity contribution in [3.8, 4) is 0 Å². The van der Waals surface area contributed by atoms with E-state index < -0.39 is 0 Å². The third-order valence-corrected chi connectivity index (χ3v) is 4.27. The summed E-state index contributed by atoms with van der Waals surface area (Å²) in [6.07, 6.45) is 3.94. The quantitative estimate of drug-likeness (QED) is 0.869. The van der Waals surface area contributed by atoms with E-state index >= 15 is 0 Å². The fraction of sp³-hybridized carbons (Fsp3) is 0.556. The Morgan fingerprint density at radius 2 is 2.42 bits per heavy atom. The molecule has 0 bridgehead atoms. The number of halogens is 1. The number of hydrogen-bond acceptors (Lipinski definition) is 2. The molecule has 0 aliphatic heterocycles. The maximum absolute atomic E-state index is 6.06. The van der Waals surface area contributed by atoms with Gasteiger partial charge in [0.25, 0.3) is 0 Å². The van der Waals surface area contributed by atoms with Crippen LogP contribution >= 0.6 is 27.3 Å². The summed E-state index contributed by atoms with van der Waals surface area (Å²) in [6, 6.07) is 2.33. The molecule has 0 unspecified atom stereocenters. The van der Waals surface area contributed by atoms with Crippen LogP contribution in [0.1, 0.15) is 30.2 Å². The van der Waals surface area contributed by atoms with Crippen LogP contribution in [0.3, 0.4) is 0 Å². The van der Waals surface area contributed by atoms with Crippen molar-refractivity contribution >= 4 is 27.3 Å². The molecule has 1 atom stereocenters. The zero-order valence-corrected chi connectivity index (χ0v) is 9.20. The van der Waals surface area contributed by atoms with Gasteiger partial charge in [0.15, 0.2) is 0 Å². The first kappa shape index (κ1) is 8.73. The Hall–Kier alpha value is 0.140. The van der Waals surface area contributed by atoms with E-state index in [0.717, 1.165) is 5.92 Å². The van der Waals surface area contributed by atoms with Crippen LogP contribution in [-0.4, -0.2) is 0 Å². The van der Waals surface area contributed by atoms with Crippen LogP contribution in [0.4, 0.5) is 0 Å². The van der Waals surface area contributed by atoms with Crippen LogP contribution in [-0.2, 0) is 0 Å². The number of nitrogens with two attached hydrogens (primary N) is 1. The van der Waals surface area contributed by atoms with Crippen molar-refractivity contribution in [2.75, 3.05) is 0 Å². The molecule has 1 saturated carbocycles. The van der Waals surface area contributed by atoms with Gasteiger partial charge in [-0.2, -0.15) is 0 Å². The summed E-state index contributed by atoms with van der Waals surface area (Å²) in [4.78, 5) is 1.31. The van der Waals surface area contributed by atoms with E-state index in [1.165, 1.54) is 28.6 Å². The molecular formula is C9H12BrNS. The van der Waals surface area contributed by atoms with Crippen molar-refractivity contribution in [1.82, 2.24) is 0 Å². The Labute approximate surface area is 85.1 Å². The molecule has 2 rings (SSSR count). The summed E-state index contributed by atoms with van der Waals surface area (Å²) in [5.74, 6) is 0.911. The fourth-order valence-electron chi connectivity index (χ4n) is 1.39. The summed E-state index contributed by atoms with van der Waals surface area (Å²) < 4.78 is 1.18. The zero-order valence-electron chi connectivity index (χ0n) is 6.79. The van der Waals surface area contributed by atoms with Crippen molar-refractivity contribution in [1.29, 1.82) is 0 Å². The van der Waals surface area contributed by atoms with Gasteiger partial charge in [0.2, 0.25) is 0 Å². The summed E-state index contributed by atoms with van der Waals surface area (Å²) in [5.41, 5.74) is 6.06. The molecule has 1 aromatic rings. The van der Waals surface area contributed by atoms with Gasteiger partial charge >= 0.3 is 0 Å². The Morgan fingerprint density at radius 3 is 2.92 bits per heavy atom. The van der Waals surface area contributed by atoms with Gasteiger partial charge in [0.1, 0.15) is 0 Å². The molecule has 1 fully saturated rings. The minimum atomic E-state index is 0.256. The number of thiophene rings is 1. The maximum atomic E-state index is 6.06. The van der Waals surface area contributed by atoms with Crippen molar-refractivity contribution in [3.63, 3.8) is 0 Å². The third-order valence-electron chi connectivity index (χ3n) is 2.27. The molecule has 1 aromatic heterocycles. The second kappa shape index (κ2) is 3.48. The molecular weight excluding hydrogens is 234 g/mol. The van der Waals surface area contributed by atoms with Gasteiger partial charge in [-0.05, 0) is 39.7 Å². The molecule has 0 radical (unpaired) electrons. The largest absolute Gasteiger partial charge is 0.323 e. The van der Waals surface area contributed by atoms with Crippen LogP contribution in [0.25, 0.3) is 0 Å². The predicted molar refractivity (Wildman–Crippen MR) is 56.3 cm³/mol. The van der Waals surface area contributed by atoms with E-state index in [2.05, 4.69) is 27.4 Å². The van der Waals surface area contributed by atoms with E-state index in [9.17, 15) is 0 Å². The van der Waals surface area contributed by atoms with Crippen molar-refractivity contribution < 1.29 is 0 Å². The molecule has 2 N–H and O–H groups in total. The highest BCUT2D eigenvalue weighted by Crippen LogP contribution is 2.39. The van der Waals surface area contributed by atoms with Gasteiger partial charge in [-0.1, -0.05) is 12.8 Å². The number of hydrogen-bond donors (Lipinski definition) is 1. The molecule has 0 aromatic carbocycles. The average Bonchev–Trinajstić information content (AvgIpc) is 2.72. The van der Waals surface area contributed by atoms with Crippen LogP contribution in [0.15, 0.2) is 15.9 Å².